The number of hydrogen-bond acceptors (Lipinski definition) is 3. The Morgan fingerprint density at radius 1 is 1.47 bits per heavy atom. The Bertz CT molecular complexity index is 323. The van der Waals surface area contributed by atoms with E-state index in [9.17, 15) is 9.90 Å². The summed E-state index contributed by atoms with van der Waals surface area (Å²) in [6.07, 6.45) is 3.47. The van der Waals surface area contributed by atoms with Crippen LogP contribution in [-0.4, -0.2) is 23.2 Å². The first-order valence-corrected chi connectivity index (χ1v) is 6.18. The summed E-state index contributed by atoms with van der Waals surface area (Å²) < 4.78 is 0. The number of rotatable bonds is 2. The Balaban J connectivity index is 1.93. The summed E-state index contributed by atoms with van der Waals surface area (Å²) in [5, 5.41) is 14.5. The molecule has 1 amide bonds. The molecule has 2 N–H and O–H groups in total. The molecule has 15 heavy (non-hydrogen) atoms. The molecule has 0 bridgehead atoms. The van der Waals surface area contributed by atoms with Crippen molar-refractivity contribution in [2.24, 2.45) is 0 Å². The highest BCUT2D eigenvalue weighted by Crippen LogP contribution is 2.19. The van der Waals surface area contributed by atoms with Crippen LogP contribution in [0.3, 0.4) is 0 Å². The molecule has 3 nitrogen and oxygen atoms in total. The van der Waals surface area contributed by atoms with E-state index in [2.05, 4.69) is 5.32 Å². The average molecular weight is 225 g/mol. The van der Waals surface area contributed by atoms with Crippen LogP contribution < -0.4 is 5.32 Å². The van der Waals surface area contributed by atoms with Crippen LogP contribution in [0.5, 0.6) is 0 Å². The minimum Gasteiger partial charge on any atom is -0.391 e. The molecule has 1 heterocycles. The summed E-state index contributed by atoms with van der Waals surface area (Å²) >= 11 is 1.43. The van der Waals surface area contributed by atoms with Crippen molar-refractivity contribution in [3.8, 4) is 0 Å². The second-order valence-electron chi connectivity index (χ2n) is 3.91. The predicted molar refractivity (Wildman–Crippen MR) is 60.0 cm³/mol. The van der Waals surface area contributed by atoms with Gasteiger partial charge in [0.2, 0.25) is 0 Å². The van der Waals surface area contributed by atoms with Gasteiger partial charge in [-0.05, 0) is 24.3 Å². The number of thiophene rings is 1. The Kier molecular flexibility index (Phi) is 3.38. The van der Waals surface area contributed by atoms with Crippen LogP contribution in [-0.2, 0) is 0 Å². The third kappa shape index (κ3) is 2.58. The van der Waals surface area contributed by atoms with Crippen molar-refractivity contribution in [1.82, 2.24) is 5.32 Å². The number of aliphatic hydroxyl groups is 1. The molecule has 1 aliphatic carbocycles. The Labute approximate surface area is 93.1 Å². The summed E-state index contributed by atoms with van der Waals surface area (Å²) in [6, 6.07) is 3.60. The van der Waals surface area contributed by atoms with Crippen molar-refractivity contribution in [3.05, 3.63) is 22.4 Å². The van der Waals surface area contributed by atoms with E-state index in [1.54, 1.807) is 6.07 Å². The first kappa shape index (κ1) is 10.6. The van der Waals surface area contributed by atoms with Gasteiger partial charge in [0.15, 0.2) is 0 Å². The van der Waals surface area contributed by atoms with E-state index in [-0.39, 0.29) is 18.1 Å². The summed E-state index contributed by atoms with van der Waals surface area (Å²) in [5.41, 5.74) is 0. The van der Waals surface area contributed by atoms with E-state index in [4.69, 9.17) is 0 Å². The Morgan fingerprint density at radius 2 is 2.27 bits per heavy atom. The predicted octanol–water partition coefficient (Wildman–Crippen LogP) is 1.78. The second kappa shape index (κ2) is 4.77. The maximum atomic E-state index is 11.7. The monoisotopic (exact) mass is 225 g/mol. The van der Waals surface area contributed by atoms with E-state index in [1.165, 1.54) is 11.3 Å². The van der Waals surface area contributed by atoms with E-state index in [0.29, 0.717) is 4.88 Å². The zero-order valence-corrected chi connectivity index (χ0v) is 9.30. The summed E-state index contributed by atoms with van der Waals surface area (Å²) in [7, 11) is 0. The topological polar surface area (TPSA) is 49.3 Å². The molecule has 0 unspecified atom stereocenters. The summed E-state index contributed by atoms with van der Waals surface area (Å²) in [6.45, 7) is 0. The van der Waals surface area contributed by atoms with Gasteiger partial charge in [-0.25, -0.2) is 0 Å². The lowest BCUT2D eigenvalue weighted by molar-refractivity contribution is 0.0720. The minimum atomic E-state index is -0.373. The Morgan fingerprint density at radius 3 is 2.93 bits per heavy atom. The van der Waals surface area contributed by atoms with Gasteiger partial charge in [-0.3, -0.25) is 4.79 Å². The van der Waals surface area contributed by atoms with E-state index in [0.717, 1.165) is 25.7 Å². The first-order chi connectivity index (χ1) is 7.27. The molecule has 2 rings (SSSR count). The standard InChI is InChI=1S/C11H15NO2S/c13-9-5-2-1-4-8(9)12-11(14)10-6-3-7-15-10/h3,6-9,13H,1-2,4-5H2,(H,12,14)/t8-,9-/m1/s1. The van der Waals surface area contributed by atoms with Crippen molar-refractivity contribution >= 4 is 17.2 Å². The number of amides is 1. The number of hydrogen-bond donors (Lipinski definition) is 2. The SMILES string of the molecule is O=C(N[C@@H]1CCCC[C@H]1O)c1cccs1. The highest BCUT2D eigenvalue weighted by Gasteiger charge is 2.24. The van der Waals surface area contributed by atoms with Gasteiger partial charge in [0.1, 0.15) is 0 Å². The highest BCUT2D eigenvalue weighted by molar-refractivity contribution is 7.12. The average Bonchev–Trinajstić information content (AvgIpc) is 2.74. The fourth-order valence-electron chi connectivity index (χ4n) is 1.93. The van der Waals surface area contributed by atoms with Gasteiger partial charge in [0, 0.05) is 0 Å². The lowest BCUT2D eigenvalue weighted by Crippen LogP contribution is -2.44. The summed E-state index contributed by atoms with van der Waals surface area (Å²) in [4.78, 5) is 12.4. The van der Waals surface area contributed by atoms with Gasteiger partial charge in [-0.1, -0.05) is 18.9 Å². The van der Waals surface area contributed by atoms with Crippen LogP contribution in [0.2, 0.25) is 0 Å². The fraction of sp³-hybridized carbons (Fsp3) is 0.545. The van der Waals surface area contributed by atoms with Crippen LogP contribution in [0.15, 0.2) is 17.5 Å². The molecule has 1 aromatic rings. The molecule has 0 spiro atoms. The highest BCUT2D eigenvalue weighted by atomic mass is 32.1. The van der Waals surface area contributed by atoms with Gasteiger partial charge in [-0.15, -0.1) is 11.3 Å². The molecule has 0 saturated heterocycles. The zero-order chi connectivity index (χ0) is 10.7. The number of nitrogens with one attached hydrogen (secondary N) is 1. The van der Waals surface area contributed by atoms with E-state index < -0.39 is 0 Å². The number of carbonyl (C=O) groups is 1. The number of carbonyl (C=O) groups excluding carboxylic acids is 1. The molecule has 0 aliphatic heterocycles. The van der Waals surface area contributed by atoms with Gasteiger partial charge in [0.05, 0.1) is 17.0 Å². The minimum absolute atomic E-state index is 0.0593. The van der Waals surface area contributed by atoms with Crippen LogP contribution >= 0.6 is 11.3 Å². The molecule has 1 fully saturated rings. The van der Waals surface area contributed by atoms with Gasteiger partial charge >= 0.3 is 0 Å². The van der Waals surface area contributed by atoms with Crippen LogP contribution in [0, 0.1) is 0 Å². The number of aliphatic hydroxyl groups excluding tert-OH is 1. The molecule has 0 aromatic carbocycles. The third-order valence-corrected chi connectivity index (χ3v) is 3.66. The first-order valence-electron chi connectivity index (χ1n) is 5.30. The van der Waals surface area contributed by atoms with Gasteiger partial charge in [-0.2, -0.15) is 0 Å². The van der Waals surface area contributed by atoms with Crippen molar-refractivity contribution in [3.63, 3.8) is 0 Å². The van der Waals surface area contributed by atoms with E-state index >= 15 is 0 Å². The molecular formula is C11H15NO2S. The summed E-state index contributed by atoms with van der Waals surface area (Å²) in [5.74, 6) is -0.0593. The molecule has 0 radical (unpaired) electrons. The lowest BCUT2D eigenvalue weighted by atomic mass is 9.92. The normalized spacial score (nSPS) is 26.2. The largest absolute Gasteiger partial charge is 0.391 e. The van der Waals surface area contributed by atoms with Gasteiger partial charge in [0.25, 0.3) is 5.91 Å². The van der Waals surface area contributed by atoms with Crippen molar-refractivity contribution in [2.75, 3.05) is 0 Å². The van der Waals surface area contributed by atoms with Crippen molar-refractivity contribution < 1.29 is 9.90 Å². The van der Waals surface area contributed by atoms with E-state index in [1.807, 2.05) is 11.4 Å². The lowest BCUT2D eigenvalue weighted by Gasteiger charge is -2.28. The quantitative estimate of drug-likeness (QED) is 0.806. The zero-order valence-electron chi connectivity index (χ0n) is 8.48. The van der Waals surface area contributed by atoms with Crippen molar-refractivity contribution in [2.45, 2.75) is 37.8 Å². The maximum Gasteiger partial charge on any atom is 0.261 e. The second-order valence-corrected chi connectivity index (χ2v) is 4.86. The van der Waals surface area contributed by atoms with Crippen LogP contribution in [0.4, 0.5) is 0 Å². The van der Waals surface area contributed by atoms with Gasteiger partial charge < -0.3 is 10.4 Å². The third-order valence-electron chi connectivity index (χ3n) is 2.79. The van der Waals surface area contributed by atoms with Crippen molar-refractivity contribution in [1.29, 1.82) is 0 Å². The van der Waals surface area contributed by atoms with Crippen LogP contribution in [0.25, 0.3) is 0 Å². The smallest absolute Gasteiger partial charge is 0.261 e. The molecule has 2 atom stereocenters. The molecule has 1 aliphatic rings. The van der Waals surface area contributed by atoms with Crippen LogP contribution in [0.1, 0.15) is 35.4 Å². The molecule has 1 saturated carbocycles. The molecular weight excluding hydrogens is 210 g/mol. The molecule has 1 aromatic heterocycles. The molecule has 82 valence electrons. The maximum absolute atomic E-state index is 11.7. The fourth-order valence-corrected chi connectivity index (χ4v) is 2.55. The molecule has 4 heteroatoms. The Hall–Kier alpha value is -0.870.